The third-order valence-electron chi connectivity index (χ3n) is 5.55. The zero-order valence-electron chi connectivity index (χ0n) is 14.2. The smallest absolute Gasteiger partial charge is 0.168 e. The molecule has 26 heavy (non-hydrogen) atoms. The van der Waals surface area contributed by atoms with Crippen LogP contribution >= 0.6 is 11.8 Å². The highest BCUT2D eigenvalue weighted by Crippen LogP contribution is 2.36. The van der Waals surface area contributed by atoms with Crippen LogP contribution in [0, 0.1) is 11.6 Å². The van der Waals surface area contributed by atoms with Gasteiger partial charge in [0.05, 0.1) is 18.0 Å². The van der Waals surface area contributed by atoms with Crippen LogP contribution in [-0.4, -0.2) is 38.9 Å². The summed E-state index contributed by atoms with van der Waals surface area (Å²) in [4.78, 5) is 7.08. The second kappa shape index (κ2) is 6.30. The number of hydrogen-bond acceptors (Lipinski definition) is 5. The Morgan fingerprint density at radius 2 is 2.15 bits per heavy atom. The Balaban J connectivity index is 1.29. The van der Waals surface area contributed by atoms with Crippen LogP contribution in [0.15, 0.2) is 23.4 Å². The highest BCUT2D eigenvalue weighted by Gasteiger charge is 2.38. The fourth-order valence-electron chi connectivity index (χ4n) is 4.23. The summed E-state index contributed by atoms with van der Waals surface area (Å²) in [6.45, 7) is 3.14. The summed E-state index contributed by atoms with van der Waals surface area (Å²) in [5.74, 6) is 0.144. The molecule has 2 aromatic rings. The van der Waals surface area contributed by atoms with Gasteiger partial charge in [-0.1, -0.05) is 11.8 Å². The number of nitrogens with two attached hydrogens (primary N) is 1. The van der Waals surface area contributed by atoms with Crippen LogP contribution in [-0.2, 0) is 24.4 Å². The average Bonchev–Trinajstić information content (AvgIpc) is 3.29. The molecule has 3 atom stereocenters. The van der Waals surface area contributed by atoms with Crippen molar-refractivity contribution in [3.05, 3.63) is 46.8 Å². The van der Waals surface area contributed by atoms with Crippen LogP contribution in [0.25, 0.3) is 0 Å². The molecule has 0 spiro atoms. The summed E-state index contributed by atoms with van der Waals surface area (Å²) in [7, 11) is 0. The molecule has 5 nitrogen and oxygen atoms in total. The number of imidazole rings is 1. The SMILES string of the molecule is NC1CC(N2Cc3nc4n(c3C2)CCS4)CO[C@@H]1c1cc(F)ccc1F. The summed E-state index contributed by atoms with van der Waals surface area (Å²) in [5.41, 5.74) is 8.96. The van der Waals surface area contributed by atoms with Gasteiger partial charge in [0, 0.05) is 43.0 Å². The Bertz CT molecular complexity index is 858. The first-order chi connectivity index (χ1) is 12.6. The second-order valence-corrected chi connectivity index (χ2v) is 8.23. The minimum Gasteiger partial charge on any atom is -0.370 e. The number of rotatable bonds is 2. The van der Waals surface area contributed by atoms with E-state index < -0.39 is 17.7 Å². The van der Waals surface area contributed by atoms with E-state index in [1.54, 1.807) is 0 Å². The Morgan fingerprint density at radius 3 is 3.00 bits per heavy atom. The van der Waals surface area contributed by atoms with Crippen molar-refractivity contribution >= 4 is 11.8 Å². The summed E-state index contributed by atoms with van der Waals surface area (Å²) >= 11 is 1.81. The lowest BCUT2D eigenvalue weighted by Gasteiger charge is -2.38. The molecule has 0 aliphatic carbocycles. The lowest BCUT2D eigenvalue weighted by atomic mass is 9.93. The molecule has 1 aromatic heterocycles. The lowest BCUT2D eigenvalue weighted by Crippen LogP contribution is -2.47. The molecular formula is C18H20F2N4OS. The zero-order valence-corrected chi connectivity index (χ0v) is 15.0. The van der Waals surface area contributed by atoms with Gasteiger partial charge in [-0.2, -0.15) is 0 Å². The molecule has 0 amide bonds. The van der Waals surface area contributed by atoms with Crippen molar-refractivity contribution in [1.82, 2.24) is 14.5 Å². The average molecular weight is 378 g/mol. The quantitative estimate of drug-likeness (QED) is 0.870. The third-order valence-corrected chi connectivity index (χ3v) is 6.51. The molecule has 3 aliphatic heterocycles. The number of nitrogens with zero attached hydrogens (tertiary/aromatic N) is 3. The highest BCUT2D eigenvalue weighted by atomic mass is 32.2. The van der Waals surface area contributed by atoms with Crippen molar-refractivity contribution < 1.29 is 13.5 Å². The van der Waals surface area contributed by atoms with Gasteiger partial charge in [-0.25, -0.2) is 13.8 Å². The van der Waals surface area contributed by atoms with Crippen molar-refractivity contribution in [1.29, 1.82) is 0 Å². The van der Waals surface area contributed by atoms with Crippen molar-refractivity contribution in [3.63, 3.8) is 0 Å². The van der Waals surface area contributed by atoms with Crippen molar-refractivity contribution in [3.8, 4) is 0 Å². The zero-order chi connectivity index (χ0) is 17.8. The van der Waals surface area contributed by atoms with Gasteiger partial charge in [0.25, 0.3) is 0 Å². The van der Waals surface area contributed by atoms with Crippen LogP contribution < -0.4 is 5.73 Å². The lowest BCUT2D eigenvalue weighted by molar-refractivity contribution is -0.0535. The minimum absolute atomic E-state index is 0.164. The van der Waals surface area contributed by atoms with Crippen molar-refractivity contribution in [2.24, 2.45) is 5.73 Å². The van der Waals surface area contributed by atoms with E-state index in [9.17, 15) is 8.78 Å². The molecular weight excluding hydrogens is 358 g/mol. The van der Waals surface area contributed by atoms with E-state index >= 15 is 0 Å². The van der Waals surface area contributed by atoms with E-state index in [1.807, 2.05) is 11.8 Å². The molecule has 8 heteroatoms. The molecule has 5 rings (SSSR count). The van der Waals surface area contributed by atoms with Crippen molar-refractivity contribution in [2.45, 2.75) is 49.4 Å². The first kappa shape index (κ1) is 16.7. The fourth-order valence-corrected chi connectivity index (χ4v) is 5.22. The van der Waals surface area contributed by atoms with Gasteiger partial charge >= 0.3 is 0 Å². The first-order valence-corrected chi connectivity index (χ1v) is 9.86. The number of halogens is 2. The molecule has 0 bridgehead atoms. The molecule has 2 N–H and O–H groups in total. The topological polar surface area (TPSA) is 56.3 Å². The number of hydrogen-bond donors (Lipinski definition) is 1. The molecule has 0 radical (unpaired) electrons. The largest absolute Gasteiger partial charge is 0.370 e. The molecule has 0 saturated carbocycles. The molecule has 4 heterocycles. The normalized spacial score (nSPS) is 28.3. The Morgan fingerprint density at radius 1 is 1.27 bits per heavy atom. The molecule has 1 saturated heterocycles. The van der Waals surface area contributed by atoms with Crippen molar-refractivity contribution in [2.75, 3.05) is 12.4 Å². The Kier molecular flexibility index (Phi) is 4.04. The fraction of sp³-hybridized carbons (Fsp3) is 0.500. The predicted molar refractivity (Wildman–Crippen MR) is 93.6 cm³/mol. The van der Waals surface area contributed by atoms with E-state index in [0.717, 1.165) is 48.4 Å². The summed E-state index contributed by atoms with van der Waals surface area (Å²) in [5, 5.41) is 1.13. The van der Waals surface area contributed by atoms with E-state index in [0.29, 0.717) is 13.0 Å². The molecule has 1 fully saturated rings. The van der Waals surface area contributed by atoms with Gasteiger partial charge in [0.2, 0.25) is 0 Å². The number of thioether (sulfide) groups is 1. The molecule has 138 valence electrons. The predicted octanol–water partition coefficient (Wildman–Crippen LogP) is 2.44. The Hall–Kier alpha value is -1.48. The van der Waals surface area contributed by atoms with Gasteiger partial charge in [-0.3, -0.25) is 4.90 Å². The van der Waals surface area contributed by atoms with Crippen LogP contribution in [0.4, 0.5) is 8.78 Å². The van der Waals surface area contributed by atoms with Gasteiger partial charge < -0.3 is 15.0 Å². The number of aromatic nitrogens is 2. The third kappa shape index (κ3) is 2.67. The van der Waals surface area contributed by atoms with Gasteiger partial charge in [0.1, 0.15) is 17.7 Å². The van der Waals surface area contributed by atoms with E-state index in [-0.39, 0.29) is 17.6 Å². The number of benzene rings is 1. The highest BCUT2D eigenvalue weighted by molar-refractivity contribution is 7.99. The summed E-state index contributed by atoms with van der Waals surface area (Å²) in [6, 6.07) is 3.22. The van der Waals surface area contributed by atoms with Gasteiger partial charge in [0.15, 0.2) is 5.16 Å². The maximum atomic E-state index is 14.1. The van der Waals surface area contributed by atoms with Crippen LogP contribution in [0.5, 0.6) is 0 Å². The number of ether oxygens (including phenoxy) is 1. The van der Waals surface area contributed by atoms with Crippen LogP contribution in [0.1, 0.15) is 29.5 Å². The van der Waals surface area contributed by atoms with Gasteiger partial charge in [-0.15, -0.1) is 0 Å². The molecule has 1 aromatic carbocycles. The number of fused-ring (bicyclic) bond motifs is 3. The summed E-state index contributed by atoms with van der Waals surface area (Å²) in [6.07, 6.45) is 0.0796. The maximum Gasteiger partial charge on any atom is 0.168 e. The van der Waals surface area contributed by atoms with E-state index in [1.165, 1.54) is 11.8 Å². The van der Waals surface area contributed by atoms with Crippen LogP contribution in [0.3, 0.4) is 0 Å². The molecule has 2 unspecified atom stereocenters. The first-order valence-electron chi connectivity index (χ1n) is 8.87. The maximum absolute atomic E-state index is 14.1. The summed E-state index contributed by atoms with van der Waals surface area (Å²) < 4.78 is 35.8. The standard InChI is InChI=1S/C18H20F2N4OS/c19-10-1-2-13(20)12(5-10)17-14(21)6-11(9-25-17)23-7-15-16(8-23)24-3-4-26-18(24)22-15/h1-2,5,11,14,17H,3-4,6-9,21H2/t11?,14?,17-/m1/s1. The monoisotopic (exact) mass is 378 g/mol. The minimum atomic E-state index is -0.607. The van der Waals surface area contributed by atoms with Gasteiger partial charge in [-0.05, 0) is 24.6 Å². The second-order valence-electron chi connectivity index (χ2n) is 7.17. The van der Waals surface area contributed by atoms with Crippen LogP contribution in [0.2, 0.25) is 0 Å². The molecule has 3 aliphatic rings. The Labute approximate surface area is 154 Å². The van der Waals surface area contributed by atoms with E-state index in [4.69, 9.17) is 15.5 Å². The van der Waals surface area contributed by atoms with E-state index in [2.05, 4.69) is 9.47 Å².